The highest BCUT2D eigenvalue weighted by atomic mass is 19.4. The molecule has 1 atom stereocenters. The number of aromatic nitrogens is 2. The lowest BCUT2D eigenvalue weighted by molar-refractivity contribution is -0.144. The van der Waals surface area contributed by atoms with Crippen LogP contribution in [-0.2, 0) is 0 Å². The highest BCUT2D eigenvalue weighted by Gasteiger charge is 2.50. The summed E-state index contributed by atoms with van der Waals surface area (Å²) in [5, 5.41) is 6.39. The third-order valence-electron chi connectivity index (χ3n) is 5.32. The van der Waals surface area contributed by atoms with Crippen LogP contribution in [0.4, 0.5) is 33.3 Å². The highest BCUT2D eigenvalue weighted by Crippen LogP contribution is 2.44. The largest absolute Gasteiger partial charge is 0.428 e. The molecule has 2 aliphatic rings. The van der Waals surface area contributed by atoms with E-state index in [1.807, 2.05) is 0 Å². The summed E-state index contributed by atoms with van der Waals surface area (Å²) < 4.78 is 71.2. The van der Waals surface area contributed by atoms with Crippen molar-refractivity contribution in [2.75, 3.05) is 9.80 Å². The molecule has 4 nitrogen and oxygen atoms in total. The van der Waals surface area contributed by atoms with Crippen molar-refractivity contribution in [3.63, 3.8) is 0 Å². The van der Waals surface area contributed by atoms with E-state index in [4.69, 9.17) is 0 Å². The number of halogens is 5. The number of rotatable bonds is 3. The summed E-state index contributed by atoms with van der Waals surface area (Å²) in [7, 11) is 0. The van der Waals surface area contributed by atoms with Crippen LogP contribution in [-0.4, -0.2) is 22.5 Å². The van der Waals surface area contributed by atoms with Crippen LogP contribution in [0.1, 0.15) is 24.3 Å². The summed E-state index contributed by atoms with van der Waals surface area (Å²) in [6, 6.07) is 6.84. The molecule has 0 saturated heterocycles. The molecule has 0 amide bonds. The van der Waals surface area contributed by atoms with E-state index in [2.05, 4.69) is 10.2 Å². The molecule has 1 aliphatic heterocycles. The number of anilines is 2. The smallest absolute Gasteiger partial charge is 0.317 e. The molecule has 150 valence electrons. The first-order valence-electron chi connectivity index (χ1n) is 9.07. The second-order valence-electron chi connectivity index (χ2n) is 7.24. The number of nitrogens with one attached hydrogen (secondary N) is 1. The van der Waals surface area contributed by atoms with Gasteiger partial charge in [0.25, 0.3) is 0 Å². The number of hydrogen-bond donors (Lipinski definition) is 1. The standard InChI is InChI=1S/C20H15F5N4/c21-15-9-12(3-4-13(15)11-1-2-11)28-7-8-29(19(28)20(23,24)25)17-6-5-16-14(18(17)22)10-26-27-16/h3-11,19H,1-2H2,(H,26,27). The zero-order valence-electron chi connectivity index (χ0n) is 14.9. The second kappa shape index (κ2) is 6.20. The van der Waals surface area contributed by atoms with Crippen LogP contribution in [0.25, 0.3) is 10.9 Å². The normalized spacial score (nSPS) is 19.6. The maximum Gasteiger partial charge on any atom is 0.428 e. The number of aromatic amines is 1. The van der Waals surface area contributed by atoms with Crippen LogP contribution >= 0.6 is 0 Å². The number of benzene rings is 2. The Morgan fingerprint density at radius 2 is 1.76 bits per heavy atom. The Morgan fingerprint density at radius 1 is 1.00 bits per heavy atom. The maximum absolute atomic E-state index is 14.9. The van der Waals surface area contributed by atoms with Crippen LogP contribution in [0, 0.1) is 11.6 Å². The lowest BCUT2D eigenvalue weighted by atomic mass is 10.1. The molecule has 0 bridgehead atoms. The summed E-state index contributed by atoms with van der Waals surface area (Å²) in [5.41, 5.74) is 0.717. The number of H-pyrrole nitrogens is 1. The van der Waals surface area contributed by atoms with Crippen molar-refractivity contribution in [3.8, 4) is 0 Å². The van der Waals surface area contributed by atoms with Crippen molar-refractivity contribution in [2.24, 2.45) is 0 Å². The molecule has 1 unspecified atom stereocenters. The molecular weight excluding hydrogens is 391 g/mol. The average molecular weight is 406 g/mol. The topological polar surface area (TPSA) is 35.2 Å². The Kier molecular flexibility index (Phi) is 3.84. The van der Waals surface area contributed by atoms with Crippen LogP contribution in [0.15, 0.2) is 48.9 Å². The molecule has 2 heterocycles. The van der Waals surface area contributed by atoms with Gasteiger partial charge in [0, 0.05) is 18.1 Å². The van der Waals surface area contributed by atoms with Gasteiger partial charge >= 0.3 is 6.18 Å². The van der Waals surface area contributed by atoms with Crippen LogP contribution in [0.5, 0.6) is 0 Å². The summed E-state index contributed by atoms with van der Waals surface area (Å²) in [5.74, 6) is -1.19. The molecular formula is C20H15F5N4. The molecule has 1 saturated carbocycles. The van der Waals surface area contributed by atoms with Gasteiger partial charge in [0.2, 0.25) is 6.17 Å². The molecule has 3 aromatic rings. The first kappa shape index (κ1) is 18.0. The van der Waals surface area contributed by atoms with Crippen molar-refractivity contribution in [3.05, 3.63) is 66.1 Å². The van der Waals surface area contributed by atoms with Gasteiger partial charge in [-0.25, -0.2) is 8.78 Å². The molecule has 9 heteroatoms. The molecule has 5 rings (SSSR count). The lowest BCUT2D eigenvalue weighted by Gasteiger charge is -2.34. The van der Waals surface area contributed by atoms with E-state index in [9.17, 15) is 22.0 Å². The number of hydrogen-bond acceptors (Lipinski definition) is 3. The number of nitrogens with zero attached hydrogens (tertiary/aromatic N) is 3. The predicted molar refractivity (Wildman–Crippen MR) is 98.4 cm³/mol. The minimum Gasteiger partial charge on any atom is -0.317 e. The van der Waals surface area contributed by atoms with E-state index in [-0.39, 0.29) is 22.7 Å². The Hall–Kier alpha value is -3.10. The minimum atomic E-state index is -4.73. The third kappa shape index (κ3) is 2.92. The fourth-order valence-corrected chi connectivity index (χ4v) is 3.77. The third-order valence-corrected chi connectivity index (χ3v) is 5.32. The van der Waals surface area contributed by atoms with Gasteiger partial charge in [0.05, 0.1) is 22.8 Å². The first-order valence-corrected chi connectivity index (χ1v) is 9.07. The van der Waals surface area contributed by atoms with Crippen molar-refractivity contribution < 1.29 is 22.0 Å². The quantitative estimate of drug-likeness (QED) is 0.591. The van der Waals surface area contributed by atoms with E-state index in [0.29, 0.717) is 11.1 Å². The zero-order valence-corrected chi connectivity index (χ0v) is 14.9. The first-order chi connectivity index (χ1) is 13.8. The van der Waals surface area contributed by atoms with Gasteiger partial charge in [0.15, 0.2) is 5.82 Å². The van der Waals surface area contributed by atoms with Gasteiger partial charge in [-0.05, 0) is 48.6 Å². The van der Waals surface area contributed by atoms with E-state index >= 15 is 0 Å². The molecule has 1 aliphatic carbocycles. The lowest BCUT2D eigenvalue weighted by Crippen LogP contribution is -2.50. The summed E-state index contributed by atoms with van der Waals surface area (Å²) in [6.45, 7) is 0. The van der Waals surface area contributed by atoms with E-state index in [0.717, 1.165) is 34.9 Å². The summed E-state index contributed by atoms with van der Waals surface area (Å²) in [4.78, 5) is 1.70. The van der Waals surface area contributed by atoms with Crippen LogP contribution in [0.3, 0.4) is 0 Å². The fraction of sp³-hybridized carbons (Fsp3) is 0.250. The SMILES string of the molecule is Fc1cc(N2C=CN(c3ccc4[nH]ncc4c3F)C2C(F)(F)F)ccc1C1CC1. The van der Waals surface area contributed by atoms with Gasteiger partial charge in [-0.1, -0.05) is 6.07 Å². The predicted octanol–water partition coefficient (Wildman–Crippen LogP) is 5.40. The van der Waals surface area contributed by atoms with Gasteiger partial charge < -0.3 is 9.80 Å². The van der Waals surface area contributed by atoms with E-state index < -0.39 is 24.0 Å². The Morgan fingerprint density at radius 3 is 2.45 bits per heavy atom. The minimum absolute atomic E-state index is 0.0535. The average Bonchev–Trinajstić information content (AvgIpc) is 3.21. The molecule has 1 N–H and O–H groups in total. The number of alkyl halides is 3. The van der Waals surface area contributed by atoms with E-state index in [1.54, 1.807) is 0 Å². The zero-order chi connectivity index (χ0) is 20.3. The van der Waals surface area contributed by atoms with Crippen LogP contribution in [0.2, 0.25) is 0 Å². The molecule has 29 heavy (non-hydrogen) atoms. The van der Waals surface area contributed by atoms with Crippen LogP contribution < -0.4 is 9.80 Å². The molecule has 0 spiro atoms. The molecule has 1 fully saturated rings. The Labute approximate surface area is 162 Å². The Bertz CT molecular complexity index is 1120. The summed E-state index contributed by atoms with van der Waals surface area (Å²) in [6.07, 6.45) is -1.61. The van der Waals surface area contributed by atoms with Crippen molar-refractivity contribution in [1.82, 2.24) is 10.2 Å². The molecule has 2 aromatic carbocycles. The number of fused-ring (bicyclic) bond motifs is 1. The van der Waals surface area contributed by atoms with E-state index in [1.165, 1.54) is 36.7 Å². The van der Waals surface area contributed by atoms with Gasteiger partial charge in [-0.2, -0.15) is 18.3 Å². The maximum atomic E-state index is 14.9. The highest BCUT2D eigenvalue weighted by molar-refractivity contribution is 5.84. The molecule has 0 radical (unpaired) electrons. The fourth-order valence-electron chi connectivity index (χ4n) is 3.77. The van der Waals surface area contributed by atoms with Crippen molar-refractivity contribution in [2.45, 2.75) is 31.1 Å². The van der Waals surface area contributed by atoms with Gasteiger partial charge in [-0.15, -0.1) is 0 Å². The van der Waals surface area contributed by atoms with Gasteiger partial charge in [0.1, 0.15) is 5.82 Å². The van der Waals surface area contributed by atoms with Gasteiger partial charge in [-0.3, -0.25) is 5.10 Å². The van der Waals surface area contributed by atoms with Crippen molar-refractivity contribution >= 4 is 22.3 Å². The second-order valence-corrected chi connectivity index (χ2v) is 7.24. The summed E-state index contributed by atoms with van der Waals surface area (Å²) >= 11 is 0. The monoisotopic (exact) mass is 406 g/mol. The molecule has 1 aromatic heterocycles. The van der Waals surface area contributed by atoms with Crippen molar-refractivity contribution in [1.29, 1.82) is 0 Å². The Balaban J connectivity index is 1.55.